The van der Waals surface area contributed by atoms with Crippen LogP contribution >= 0.6 is 12.4 Å². The third-order valence-electron chi connectivity index (χ3n) is 4.42. The van der Waals surface area contributed by atoms with Crippen LogP contribution in [0, 0.1) is 0 Å². The van der Waals surface area contributed by atoms with Crippen LogP contribution in [0.2, 0.25) is 0 Å². The summed E-state index contributed by atoms with van der Waals surface area (Å²) in [6.45, 7) is 2.54. The van der Waals surface area contributed by atoms with Crippen molar-refractivity contribution in [2.75, 3.05) is 47.9 Å². The number of hydrogen-bond acceptors (Lipinski definition) is 8. The van der Waals surface area contributed by atoms with E-state index in [9.17, 15) is 8.42 Å². The number of methoxy groups -OCH3 is 1. The van der Waals surface area contributed by atoms with E-state index in [1.54, 1.807) is 12.1 Å². The molecular formula is C16H24ClN5O4S. The molecule has 2 aromatic rings. The van der Waals surface area contributed by atoms with Crippen LogP contribution < -0.4 is 10.1 Å². The summed E-state index contributed by atoms with van der Waals surface area (Å²) in [5.74, 6) is 1.11. The maximum absolute atomic E-state index is 12.6. The molecule has 0 saturated carbocycles. The van der Waals surface area contributed by atoms with Crippen molar-refractivity contribution < 1.29 is 17.7 Å². The topological polar surface area (TPSA) is 101 Å². The summed E-state index contributed by atoms with van der Waals surface area (Å²) in [4.78, 5) is 6.68. The molecule has 0 radical (unpaired) electrons. The molecule has 11 heteroatoms. The van der Waals surface area contributed by atoms with Crippen molar-refractivity contribution >= 4 is 22.4 Å². The average molecular weight is 418 g/mol. The highest BCUT2D eigenvalue weighted by atomic mass is 35.5. The van der Waals surface area contributed by atoms with Crippen molar-refractivity contribution in [3.63, 3.8) is 0 Å². The van der Waals surface area contributed by atoms with Crippen LogP contribution in [0.15, 0.2) is 27.6 Å². The molecule has 1 atom stereocenters. The average Bonchev–Trinajstić information content (AvgIpc) is 3.11. The first-order chi connectivity index (χ1) is 12.3. The lowest BCUT2D eigenvalue weighted by Gasteiger charge is -2.30. The lowest BCUT2D eigenvalue weighted by atomic mass is 10.2. The van der Waals surface area contributed by atoms with Crippen LogP contribution in [0.4, 0.5) is 0 Å². The highest BCUT2D eigenvalue weighted by Crippen LogP contribution is 2.31. The van der Waals surface area contributed by atoms with E-state index in [4.69, 9.17) is 9.26 Å². The Labute approximate surface area is 165 Å². The molecule has 1 N–H and O–H groups in total. The van der Waals surface area contributed by atoms with E-state index in [1.165, 1.54) is 27.3 Å². The van der Waals surface area contributed by atoms with Crippen LogP contribution in [0.25, 0.3) is 11.5 Å². The number of hydrogen-bond donors (Lipinski definition) is 1. The molecule has 0 aliphatic carbocycles. The molecule has 1 aromatic heterocycles. The van der Waals surface area contributed by atoms with Crippen LogP contribution in [-0.4, -0.2) is 75.7 Å². The zero-order chi connectivity index (χ0) is 18.9. The molecule has 1 aromatic carbocycles. The van der Waals surface area contributed by atoms with Gasteiger partial charge in [0.25, 0.3) is 5.89 Å². The van der Waals surface area contributed by atoms with E-state index >= 15 is 0 Å². The van der Waals surface area contributed by atoms with Gasteiger partial charge in [0.2, 0.25) is 10.0 Å². The van der Waals surface area contributed by atoms with Crippen LogP contribution in [0.3, 0.4) is 0 Å². The van der Waals surface area contributed by atoms with Gasteiger partial charge in [-0.3, -0.25) is 4.90 Å². The Bertz CT molecular complexity index is 887. The minimum absolute atomic E-state index is 0. The number of sulfonamides is 1. The van der Waals surface area contributed by atoms with Gasteiger partial charge in [-0.1, -0.05) is 5.16 Å². The van der Waals surface area contributed by atoms with Gasteiger partial charge < -0.3 is 14.6 Å². The molecule has 27 heavy (non-hydrogen) atoms. The number of nitrogens with zero attached hydrogens (tertiary/aromatic N) is 4. The molecule has 3 rings (SSSR count). The van der Waals surface area contributed by atoms with Gasteiger partial charge in [0.15, 0.2) is 5.82 Å². The Morgan fingerprint density at radius 3 is 2.74 bits per heavy atom. The maximum Gasteiger partial charge on any atom is 0.258 e. The van der Waals surface area contributed by atoms with E-state index in [2.05, 4.69) is 20.4 Å². The number of rotatable bonds is 5. The summed E-state index contributed by atoms with van der Waals surface area (Å²) < 4.78 is 36.8. The van der Waals surface area contributed by atoms with Crippen molar-refractivity contribution in [1.82, 2.24) is 24.7 Å². The normalized spacial score (nSPS) is 18.3. The van der Waals surface area contributed by atoms with E-state index in [0.717, 1.165) is 23.9 Å². The van der Waals surface area contributed by atoms with E-state index in [0.29, 0.717) is 11.4 Å². The second kappa shape index (κ2) is 8.53. The summed E-state index contributed by atoms with van der Waals surface area (Å²) in [6, 6.07) is 4.80. The Hall–Kier alpha value is -1.72. The SMILES string of the molecule is COc1ccc(-c2nc(C3CNCCN3C)no2)cc1S(=O)(=O)N(C)C.Cl. The molecule has 9 nitrogen and oxygen atoms in total. The quantitative estimate of drug-likeness (QED) is 0.768. The van der Waals surface area contributed by atoms with Gasteiger partial charge in [-0.2, -0.15) is 4.98 Å². The second-order valence-corrected chi connectivity index (χ2v) is 8.43. The van der Waals surface area contributed by atoms with Crippen molar-refractivity contribution in [2.24, 2.45) is 0 Å². The predicted octanol–water partition coefficient (Wildman–Crippen LogP) is 0.993. The first-order valence-corrected chi connectivity index (χ1v) is 9.64. The van der Waals surface area contributed by atoms with Crippen LogP contribution in [-0.2, 0) is 10.0 Å². The third kappa shape index (κ3) is 4.25. The van der Waals surface area contributed by atoms with Crippen LogP contribution in [0.1, 0.15) is 11.9 Å². The standard InChI is InChI=1S/C16H23N5O4S.ClH/c1-20(2)26(22,23)14-9-11(5-6-13(14)24-4)16-18-15(19-25-16)12-10-17-7-8-21(12)3;/h5-6,9,12,17H,7-8,10H2,1-4H3;1H. The fraction of sp³-hybridized carbons (Fsp3) is 0.500. The zero-order valence-electron chi connectivity index (χ0n) is 15.7. The largest absolute Gasteiger partial charge is 0.495 e. The number of nitrogens with one attached hydrogen (secondary N) is 1. The van der Waals surface area contributed by atoms with Crippen LogP contribution in [0.5, 0.6) is 5.75 Å². The smallest absolute Gasteiger partial charge is 0.258 e. The monoisotopic (exact) mass is 417 g/mol. The maximum atomic E-state index is 12.6. The fourth-order valence-electron chi connectivity index (χ4n) is 2.79. The summed E-state index contributed by atoms with van der Waals surface area (Å²) in [5, 5.41) is 7.38. The van der Waals surface area contributed by atoms with Crippen molar-refractivity contribution in [1.29, 1.82) is 0 Å². The van der Waals surface area contributed by atoms with Gasteiger partial charge in [0, 0.05) is 39.3 Å². The fourth-order valence-corrected chi connectivity index (χ4v) is 3.86. The minimum atomic E-state index is -3.67. The number of benzene rings is 1. The highest BCUT2D eigenvalue weighted by Gasteiger charge is 2.27. The first-order valence-electron chi connectivity index (χ1n) is 8.20. The number of piperazine rings is 1. The first kappa shape index (κ1) is 21.6. The number of halogens is 1. The zero-order valence-corrected chi connectivity index (χ0v) is 17.3. The lowest BCUT2D eigenvalue weighted by Crippen LogP contribution is -2.44. The molecule has 1 aliphatic rings. The van der Waals surface area contributed by atoms with Gasteiger partial charge in [0.1, 0.15) is 10.6 Å². The van der Waals surface area contributed by atoms with Crippen molar-refractivity contribution in [2.45, 2.75) is 10.9 Å². The van der Waals surface area contributed by atoms with E-state index in [1.807, 2.05) is 7.05 Å². The van der Waals surface area contributed by atoms with Gasteiger partial charge in [-0.05, 0) is 25.2 Å². The number of ether oxygens (including phenoxy) is 1. The lowest BCUT2D eigenvalue weighted by molar-refractivity contribution is 0.190. The predicted molar refractivity (Wildman–Crippen MR) is 103 cm³/mol. The van der Waals surface area contributed by atoms with E-state index < -0.39 is 10.0 Å². The number of aromatic nitrogens is 2. The van der Waals surface area contributed by atoms with Crippen molar-refractivity contribution in [3.05, 3.63) is 24.0 Å². The number of likely N-dealkylation sites (N-methyl/N-ethyl adjacent to an activating group) is 1. The molecule has 0 spiro atoms. The van der Waals surface area contributed by atoms with Gasteiger partial charge in [-0.15, -0.1) is 12.4 Å². The highest BCUT2D eigenvalue weighted by molar-refractivity contribution is 7.89. The molecule has 0 amide bonds. The molecule has 1 fully saturated rings. The van der Waals surface area contributed by atoms with Crippen molar-refractivity contribution in [3.8, 4) is 17.2 Å². The molecule has 150 valence electrons. The minimum Gasteiger partial charge on any atom is -0.495 e. The Morgan fingerprint density at radius 2 is 2.11 bits per heavy atom. The molecule has 1 saturated heterocycles. The summed E-state index contributed by atoms with van der Waals surface area (Å²) in [5.41, 5.74) is 0.524. The molecule has 1 aliphatic heterocycles. The van der Waals surface area contributed by atoms with Gasteiger partial charge >= 0.3 is 0 Å². The molecule has 1 unspecified atom stereocenters. The van der Waals surface area contributed by atoms with E-state index in [-0.39, 0.29) is 35.0 Å². The molecular weight excluding hydrogens is 394 g/mol. The Morgan fingerprint density at radius 1 is 1.37 bits per heavy atom. The van der Waals surface area contributed by atoms with Gasteiger partial charge in [0.05, 0.1) is 13.2 Å². The van der Waals surface area contributed by atoms with Gasteiger partial charge in [-0.25, -0.2) is 12.7 Å². The molecule has 2 heterocycles. The summed E-state index contributed by atoms with van der Waals surface area (Å²) in [7, 11) is 2.71. The Kier molecular flexibility index (Phi) is 6.82. The summed E-state index contributed by atoms with van der Waals surface area (Å²) >= 11 is 0. The summed E-state index contributed by atoms with van der Waals surface area (Å²) in [6.07, 6.45) is 0. The molecule has 0 bridgehead atoms. The Balaban J connectivity index is 0.00000261. The third-order valence-corrected chi connectivity index (χ3v) is 6.26. The second-order valence-electron chi connectivity index (χ2n) is 6.31.